The van der Waals surface area contributed by atoms with E-state index in [-0.39, 0.29) is 0 Å². The van der Waals surface area contributed by atoms with Crippen molar-refractivity contribution in [3.63, 3.8) is 0 Å². The third kappa shape index (κ3) is 3.09. The van der Waals surface area contributed by atoms with Gasteiger partial charge < -0.3 is 15.0 Å². The average Bonchev–Trinajstić information content (AvgIpc) is 2.80. The van der Waals surface area contributed by atoms with Crippen LogP contribution in [0.2, 0.25) is 0 Å². The monoisotopic (exact) mass is 247 g/mol. The Morgan fingerprint density at radius 3 is 3.17 bits per heavy atom. The van der Waals surface area contributed by atoms with E-state index in [1.807, 2.05) is 12.3 Å². The van der Waals surface area contributed by atoms with Gasteiger partial charge in [-0.3, -0.25) is 0 Å². The Labute approximate surface area is 108 Å². The molecular formula is C14H21N3O. The SMILES string of the molecule is CCCC(COC)NCc1c[nH]c2ncccc12. The summed E-state index contributed by atoms with van der Waals surface area (Å²) in [4.78, 5) is 7.49. The van der Waals surface area contributed by atoms with Gasteiger partial charge in [0, 0.05) is 37.5 Å². The van der Waals surface area contributed by atoms with E-state index in [4.69, 9.17) is 4.74 Å². The number of hydrogen-bond donors (Lipinski definition) is 2. The maximum absolute atomic E-state index is 5.23. The van der Waals surface area contributed by atoms with Crippen LogP contribution in [0.15, 0.2) is 24.5 Å². The lowest BCUT2D eigenvalue weighted by Gasteiger charge is -2.16. The number of rotatable bonds is 7. The molecule has 0 radical (unpaired) electrons. The fourth-order valence-corrected chi connectivity index (χ4v) is 2.21. The van der Waals surface area contributed by atoms with Crippen molar-refractivity contribution < 1.29 is 4.74 Å². The van der Waals surface area contributed by atoms with Crippen molar-refractivity contribution >= 4 is 11.0 Å². The minimum atomic E-state index is 0.418. The topological polar surface area (TPSA) is 49.9 Å². The smallest absolute Gasteiger partial charge is 0.137 e. The Bertz CT molecular complexity index is 475. The summed E-state index contributed by atoms with van der Waals surface area (Å²) in [5.41, 5.74) is 2.21. The number of pyridine rings is 1. The minimum Gasteiger partial charge on any atom is -0.383 e. The molecule has 98 valence electrons. The van der Waals surface area contributed by atoms with E-state index >= 15 is 0 Å². The highest BCUT2D eigenvalue weighted by molar-refractivity contribution is 5.79. The van der Waals surface area contributed by atoms with Gasteiger partial charge in [0.1, 0.15) is 5.65 Å². The third-order valence-corrected chi connectivity index (χ3v) is 3.12. The third-order valence-electron chi connectivity index (χ3n) is 3.12. The van der Waals surface area contributed by atoms with E-state index in [0.29, 0.717) is 6.04 Å². The molecule has 0 spiro atoms. The van der Waals surface area contributed by atoms with Crippen LogP contribution in [0.3, 0.4) is 0 Å². The van der Waals surface area contributed by atoms with Crippen LogP contribution in [0, 0.1) is 0 Å². The Morgan fingerprint density at radius 2 is 2.39 bits per heavy atom. The van der Waals surface area contributed by atoms with Crippen LogP contribution in [0.1, 0.15) is 25.3 Å². The van der Waals surface area contributed by atoms with Crippen molar-refractivity contribution in [3.8, 4) is 0 Å². The van der Waals surface area contributed by atoms with E-state index in [1.54, 1.807) is 13.3 Å². The van der Waals surface area contributed by atoms with Gasteiger partial charge in [0.05, 0.1) is 6.61 Å². The number of nitrogens with one attached hydrogen (secondary N) is 2. The zero-order valence-electron chi connectivity index (χ0n) is 11.1. The van der Waals surface area contributed by atoms with Gasteiger partial charge >= 0.3 is 0 Å². The number of aromatic nitrogens is 2. The van der Waals surface area contributed by atoms with E-state index in [0.717, 1.165) is 31.6 Å². The number of fused-ring (bicyclic) bond motifs is 1. The summed E-state index contributed by atoms with van der Waals surface area (Å²) in [6.07, 6.45) is 6.13. The maximum atomic E-state index is 5.23. The molecule has 4 heteroatoms. The van der Waals surface area contributed by atoms with Gasteiger partial charge in [-0.1, -0.05) is 13.3 Å². The van der Waals surface area contributed by atoms with Crippen LogP contribution >= 0.6 is 0 Å². The van der Waals surface area contributed by atoms with Crippen LogP contribution in [0.5, 0.6) is 0 Å². The Kier molecular flexibility index (Phi) is 4.73. The highest BCUT2D eigenvalue weighted by Crippen LogP contribution is 2.15. The largest absolute Gasteiger partial charge is 0.383 e. The molecule has 0 bridgehead atoms. The summed E-state index contributed by atoms with van der Waals surface area (Å²) >= 11 is 0. The molecule has 2 aromatic rings. The lowest BCUT2D eigenvalue weighted by molar-refractivity contribution is 0.161. The summed E-state index contributed by atoms with van der Waals surface area (Å²) in [6.45, 7) is 3.80. The summed E-state index contributed by atoms with van der Waals surface area (Å²) in [6, 6.07) is 4.49. The molecule has 0 saturated carbocycles. The van der Waals surface area contributed by atoms with Crippen LogP contribution in [0.4, 0.5) is 0 Å². The van der Waals surface area contributed by atoms with Crippen LogP contribution in [-0.2, 0) is 11.3 Å². The molecular weight excluding hydrogens is 226 g/mol. The zero-order valence-corrected chi connectivity index (χ0v) is 11.1. The quantitative estimate of drug-likeness (QED) is 0.790. The molecule has 0 aromatic carbocycles. The van der Waals surface area contributed by atoms with Gasteiger partial charge in [-0.2, -0.15) is 0 Å². The minimum absolute atomic E-state index is 0.418. The molecule has 4 nitrogen and oxygen atoms in total. The number of methoxy groups -OCH3 is 1. The summed E-state index contributed by atoms with van der Waals surface area (Å²) < 4.78 is 5.23. The van der Waals surface area contributed by atoms with Crippen LogP contribution in [0.25, 0.3) is 11.0 Å². The zero-order chi connectivity index (χ0) is 12.8. The number of hydrogen-bond acceptors (Lipinski definition) is 3. The van der Waals surface area contributed by atoms with Crippen LogP contribution < -0.4 is 5.32 Å². The van der Waals surface area contributed by atoms with Crippen molar-refractivity contribution in [2.45, 2.75) is 32.4 Å². The Hall–Kier alpha value is -1.39. The molecule has 0 fully saturated rings. The molecule has 0 aliphatic heterocycles. The van der Waals surface area contributed by atoms with Crippen LogP contribution in [-0.4, -0.2) is 29.7 Å². The predicted molar refractivity (Wildman–Crippen MR) is 73.5 cm³/mol. The van der Waals surface area contributed by atoms with E-state index in [1.165, 1.54) is 10.9 Å². The fourth-order valence-electron chi connectivity index (χ4n) is 2.21. The highest BCUT2D eigenvalue weighted by Gasteiger charge is 2.09. The van der Waals surface area contributed by atoms with Gasteiger partial charge in [-0.15, -0.1) is 0 Å². The van der Waals surface area contributed by atoms with E-state index in [9.17, 15) is 0 Å². The van der Waals surface area contributed by atoms with Crippen molar-refractivity contribution in [1.82, 2.24) is 15.3 Å². The molecule has 18 heavy (non-hydrogen) atoms. The molecule has 1 unspecified atom stereocenters. The molecule has 2 N–H and O–H groups in total. The van der Waals surface area contributed by atoms with E-state index in [2.05, 4.69) is 28.3 Å². The summed E-state index contributed by atoms with van der Waals surface area (Å²) in [7, 11) is 1.75. The summed E-state index contributed by atoms with van der Waals surface area (Å²) in [5, 5.41) is 4.74. The first-order valence-electron chi connectivity index (χ1n) is 6.48. The Balaban J connectivity index is 2.00. The summed E-state index contributed by atoms with van der Waals surface area (Å²) in [5.74, 6) is 0. The number of nitrogens with zero attached hydrogens (tertiary/aromatic N) is 1. The van der Waals surface area contributed by atoms with Crippen molar-refractivity contribution in [3.05, 3.63) is 30.1 Å². The highest BCUT2D eigenvalue weighted by atomic mass is 16.5. The Morgan fingerprint density at radius 1 is 1.50 bits per heavy atom. The molecule has 2 aromatic heterocycles. The number of ether oxygens (including phenoxy) is 1. The molecule has 1 atom stereocenters. The molecule has 2 heterocycles. The second kappa shape index (κ2) is 6.52. The van der Waals surface area contributed by atoms with Gasteiger partial charge in [-0.25, -0.2) is 4.98 Å². The van der Waals surface area contributed by atoms with Crippen molar-refractivity contribution in [2.75, 3.05) is 13.7 Å². The first kappa shape index (κ1) is 13.1. The second-order valence-electron chi connectivity index (χ2n) is 4.54. The second-order valence-corrected chi connectivity index (χ2v) is 4.54. The average molecular weight is 247 g/mol. The number of H-pyrrole nitrogens is 1. The maximum Gasteiger partial charge on any atom is 0.137 e. The van der Waals surface area contributed by atoms with Gasteiger partial charge in [-0.05, 0) is 24.1 Å². The predicted octanol–water partition coefficient (Wildman–Crippen LogP) is 2.47. The molecule has 2 rings (SSSR count). The number of aromatic amines is 1. The van der Waals surface area contributed by atoms with Gasteiger partial charge in [0.15, 0.2) is 0 Å². The first-order chi connectivity index (χ1) is 8.85. The standard InChI is InChI=1S/C14H21N3O/c1-3-5-12(10-18-2)16-8-11-9-17-14-13(11)6-4-7-15-14/h4,6-7,9,12,16H,3,5,8,10H2,1-2H3,(H,15,17). The molecule has 0 amide bonds. The lowest BCUT2D eigenvalue weighted by Crippen LogP contribution is -2.32. The van der Waals surface area contributed by atoms with Gasteiger partial charge in [0.25, 0.3) is 0 Å². The molecule has 0 aliphatic rings. The van der Waals surface area contributed by atoms with Crippen molar-refractivity contribution in [1.29, 1.82) is 0 Å². The van der Waals surface area contributed by atoms with Crippen molar-refractivity contribution in [2.24, 2.45) is 0 Å². The van der Waals surface area contributed by atoms with Gasteiger partial charge in [0.2, 0.25) is 0 Å². The fraction of sp³-hybridized carbons (Fsp3) is 0.500. The van der Waals surface area contributed by atoms with E-state index < -0.39 is 0 Å². The lowest BCUT2D eigenvalue weighted by atomic mass is 10.1. The molecule has 0 aliphatic carbocycles. The normalized spacial score (nSPS) is 13.0. The first-order valence-corrected chi connectivity index (χ1v) is 6.48. The molecule has 0 saturated heterocycles.